The molecule has 0 spiro atoms. The zero-order chi connectivity index (χ0) is 22.2. The molecule has 0 bridgehead atoms. The highest BCUT2D eigenvalue weighted by Crippen LogP contribution is 2.19. The quantitative estimate of drug-likeness (QED) is 0.410. The second kappa shape index (κ2) is 11.1. The third-order valence-corrected chi connectivity index (χ3v) is 6.15. The summed E-state index contributed by atoms with van der Waals surface area (Å²) in [5, 5.41) is 0.579. The van der Waals surface area contributed by atoms with E-state index >= 15 is 0 Å². The number of aryl methyl sites for hydroxylation is 1. The van der Waals surface area contributed by atoms with Crippen LogP contribution < -0.4 is 0 Å². The van der Waals surface area contributed by atoms with Gasteiger partial charge in [-0.05, 0) is 55.3 Å². The van der Waals surface area contributed by atoms with Gasteiger partial charge < -0.3 is 9.80 Å². The van der Waals surface area contributed by atoms with Gasteiger partial charge in [0.25, 0.3) is 5.91 Å². The Balaban J connectivity index is 1.78. The summed E-state index contributed by atoms with van der Waals surface area (Å²) in [6.07, 6.45) is 0.773. The zero-order valence-electron chi connectivity index (χ0n) is 17.9. The van der Waals surface area contributed by atoms with E-state index in [4.69, 9.17) is 11.6 Å². The monoisotopic (exact) mass is 454 g/mol. The molecule has 162 valence electrons. The molecule has 1 aromatic heterocycles. The second-order valence-corrected chi connectivity index (χ2v) is 9.29. The summed E-state index contributed by atoms with van der Waals surface area (Å²) in [6.45, 7) is 5.66. The SMILES string of the molecule is CCCN(CC(=O)N(Cc1ccccc1)Cc1ccc(C)s1)C(=O)c1ccc(Cl)cc1. The molecule has 0 N–H and O–H groups in total. The highest BCUT2D eigenvalue weighted by Gasteiger charge is 2.22. The third kappa shape index (κ3) is 6.68. The smallest absolute Gasteiger partial charge is 0.254 e. The first kappa shape index (κ1) is 23.0. The number of halogens is 1. The molecular weight excluding hydrogens is 428 g/mol. The van der Waals surface area contributed by atoms with E-state index in [1.165, 1.54) is 4.88 Å². The van der Waals surface area contributed by atoms with E-state index < -0.39 is 0 Å². The maximum Gasteiger partial charge on any atom is 0.254 e. The van der Waals surface area contributed by atoms with E-state index in [2.05, 4.69) is 19.1 Å². The first-order valence-corrected chi connectivity index (χ1v) is 11.6. The van der Waals surface area contributed by atoms with Gasteiger partial charge >= 0.3 is 0 Å². The third-order valence-electron chi connectivity index (χ3n) is 4.91. The molecule has 4 nitrogen and oxygen atoms in total. The fourth-order valence-corrected chi connectivity index (χ4v) is 4.39. The molecule has 6 heteroatoms. The number of benzene rings is 2. The van der Waals surface area contributed by atoms with Gasteiger partial charge in [0.15, 0.2) is 0 Å². The molecule has 1 heterocycles. The Morgan fingerprint density at radius 3 is 2.23 bits per heavy atom. The number of carbonyl (C=O) groups is 2. The van der Waals surface area contributed by atoms with Crippen LogP contribution in [0.2, 0.25) is 5.02 Å². The van der Waals surface area contributed by atoms with Crippen molar-refractivity contribution in [3.8, 4) is 0 Å². The molecular formula is C25H27ClN2O2S. The van der Waals surface area contributed by atoms with Crippen LogP contribution in [-0.2, 0) is 17.9 Å². The van der Waals surface area contributed by atoms with Crippen LogP contribution in [0.4, 0.5) is 0 Å². The standard InChI is InChI=1S/C25H27ClN2O2S/c1-3-15-27(25(30)21-10-12-22(26)13-11-21)18-24(29)28(16-20-7-5-4-6-8-20)17-23-14-9-19(2)31-23/h4-14H,3,15-18H2,1-2H3. The Morgan fingerprint density at radius 2 is 1.61 bits per heavy atom. The fourth-order valence-electron chi connectivity index (χ4n) is 3.35. The number of nitrogens with zero attached hydrogens (tertiary/aromatic N) is 2. The Hall–Kier alpha value is -2.63. The molecule has 0 aliphatic rings. The van der Waals surface area contributed by atoms with Crippen LogP contribution in [-0.4, -0.2) is 34.7 Å². The highest BCUT2D eigenvalue weighted by atomic mass is 35.5. The fraction of sp³-hybridized carbons (Fsp3) is 0.280. The number of rotatable bonds is 9. The van der Waals surface area contributed by atoms with Crippen LogP contribution in [0.1, 0.15) is 39.0 Å². The van der Waals surface area contributed by atoms with Crippen molar-refractivity contribution in [1.82, 2.24) is 9.80 Å². The van der Waals surface area contributed by atoms with Gasteiger partial charge in [-0.1, -0.05) is 48.9 Å². The van der Waals surface area contributed by atoms with E-state index in [1.807, 2.05) is 42.2 Å². The summed E-state index contributed by atoms with van der Waals surface area (Å²) < 4.78 is 0. The summed E-state index contributed by atoms with van der Waals surface area (Å²) in [6, 6.07) is 20.9. The van der Waals surface area contributed by atoms with E-state index in [1.54, 1.807) is 40.5 Å². The first-order chi connectivity index (χ1) is 15.0. The van der Waals surface area contributed by atoms with Crippen molar-refractivity contribution in [2.24, 2.45) is 0 Å². The van der Waals surface area contributed by atoms with E-state index in [0.717, 1.165) is 16.9 Å². The van der Waals surface area contributed by atoms with Crippen LogP contribution in [0.15, 0.2) is 66.7 Å². The predicted molar refractivity (Wildman–Crippen MR) is 127 cm³/mol. The summed E-state index contributed by atoms with van der Waals surface area (Å²) in [5.74, 6) is -0.218. The Kier molecular flexibility index (Phi) is 8.27. The first-order valence-electron chi connectivity index (χ1n) is 10.4. The lowest BCUT2D eigenvalue weighted by Crippen LogP contribution is -2.42. The maximum absolute atomic E-state index is 13.3. The van der Waals surface area contributed by atoms with Gasteiger partial charge in [-0.25, -0.2) is 0 Å². The van der Waals surface area contributed by atoms with Gasteiger partial charge in [-0.15, -0.1) is 11.3 Å². The normalized spacial score (nSPS) is 10.7. The average molecular weight is 455 g/mol. The molecule has 0 atom stereocenters. The molecule has 3 rings (SSSR count). The van der Waals surface area contributed by atoms with E-state index in [9.17, 15) is 9.59 Å². The second-order valence-electron chi connectivity index (χ2n) is 7.48. The van der Waals surface area contributed by atoms with Crippen molar-refractivity contribution in [3.05, 3.63) is 92.6 Å². The van der Waals surface area contributed by atoms with Gasteiger partial charge in [-0.3, -0.25) is 9.59 Å². The molecule has 0 fully saturated rings. The number of hydrogen-bond acceptors (Lipinski definition) is 3. The maximum atomic E-state index is 13.3. The Bertz CT molecular complexity index is 1000. The minimum atomic E-state index is -0.154. The van der Waals surface area contributed by atoms with Crippen molar-refractivity contribution < 1.29 is 9.59 Å². The van der Waals surface area contributed by atoms with Crippen molar-refractivity contribution in [1.29, 1.82) is 0 Å². The van der Waals surface area contributed by atoms with Crippen LogP contribution >= 0.6 is 22.9 Å². The molecule has 0 aliphatic carbocycles. The van der Waals surface area contributed by atoms with Crippen molar-refractivity contribution >= 4 is 34.8 Å². The molecule has 0 saturated carbocycles. The van der Waals surface area contributed by atoms with Crippen LogP contribution in [0.3, 0.4) is 0 Å². The average Bonchev–Trinajstić information content (AvgIpc) is 3.18. The molecule has 0 unspecified atom stereocenters. The van der Waals surface area contributed by atoms with Crippen molar-refractivity contribution in [2.75, 3.05) is 13.1 Å². The van der Waals surface area contributed by atoms with Crippen LogP contribution in [0.5, 0.6) is 0 Å². The Labute approximate surface area is 193 Å². The molecule has 3 aromatic rings. The molecule has 2 aromatic carbocycles. The Morgan fingerprint density at radius 1 is 0.903 bits per heavy atom. The molecule has 0 saturated heterocycles. The number of hydrogen-bond donors (Lipinski definition) is 0. The molecule has 0 radical (unpaired) electrons. The lowest BCUT2D eigenvalue weighted by Gasteiger charge is -2.27. The zero-order valence-corrected chi connectivity index (χ0v) is 19.5. The van der Waals surface area contributed by atoms with Gasteiger partial charge in [0.05, 0.1) is 6.54 Å². The lowest BCUT2D eigenvalue weighted by atomic mass is 10.2. The minimum absolute atomic E-state index is 0.0481. The summed E-state index contributed by atoms with van der Waals surface area (Å²) in [5.41, 5.74) is 1.60. The van der Waals surface area contributed by atoms with Crippen LogP contribution in [0.25, 0.3) is 0 Å². The summed E-state index contributed by atoms with van der Waals surface area (Å²) in [7, 11) is 0. The summed E-state index contributed by atoms with van der Waals surface area (Å²) >= 11 is 7.64. The van der Waals surface area contributed by atoms with Crippen molar-refractivity contribution in [3.63, 3.8) is 0 Å². The molecule has 31 heavy (non-hydrogen) atoms. The van der Waals surface area contributed by atoms with Gasteiger partial charge in [0.2, 0.25) is 5.91 Å². The molecule has 2 amide bonds. The lowest BCUT2D eigenvalue weighted by molar-refractivity contribution is -0.133. The summed E-state index contributed by atoms with van der Waals surface area (Å²) in [4.78, 5) is 32.2. The van der Waals surface area contributed by atoms with E-state index in [0.29, 0.717) is 30.2 Å². The van der Waals surface area contributed by atoms with Crippen molar-refractivity contribution in [2.45, 2.75) is 33.4 Å². The minimum Gasteiger partial charge on any atom is -0.332 e. The van der Waals surface area contributed by atoms with Gasteiger partial charge in [0.1, 0.15) is 6.54 Å². The van der Waals surface area contributed by atoms with Gasteiger partial charge in [-0.2, -0.15) is 0 Å². The number of carbonyl (C=O) groups excluding carboxylic acids is 2. The highest BCUT2D eigenvalue weighted by molar-refractivity contribution is 7.11. The largest absolute Gasteiger partial charge is 0.332 e. The van der Waals surface area contributed by atoms with Gasteiger partial charge in [0, 0.05) is 33.4 Å². The van der Waals surface area contributed by atoms with E-state index in [-0.39, 0.29) is 18.4 Å². The molecule has 0 aliphatic heterocycles. The predicted octanol–water partition coefficient (Wildman–Crippen LogP) is 5.79. The topological polar surface area (TPSA) is 40.6 Å². The number of thiophene rings is 1. The number of amides is 2. The van der Waals surface area contributed by atoms with Crippen LogP contribution in [0, 0.1) is 6.92 Å².